The maximum Gasteiger partial charge on any atom is 0.253 e. The number of piperidine rings is 1. The number of aromatic nitrogens is 2. The van der Waals surface area contributed by atoms with Crippen LogP contribution in [0.4, 0.5) is 0 Å². The number of benzene rings is 2. The van der Waals surface area contributed by atoms with Crippen molar-refractivity contribution in [1.29, 1.82) is 0 Å². The van der Waals surface area contributed by atoms with E-state index in [2.05, 4.69) is 17.2 Å². The van der Waals surface area contributed by atoms with Crippen LogP contribution in [0.2, 0.25) is 0 Å². The molecule has 0 aliphatic carbocycles. The van der Waals surface area contributed by atoms with Crippen molar-refractivity contribution >= 4 is 41.2 Å². The van der Waals surface area contributed by atoms with Crippen LogP contribution in [0.3, 0.4) is 0 Å². The van der Waals surface area contributed by atoms with E-state index in [1.165, 1.54) is 16.9 Å². The van der Waals surface area contributed by atoms with Gasteiger partial charge in [0, 0.05) is 24.4 Å². The smallest absolute Gasteiger partial charge is 0.253 e. The fraction of sp³-hybridized carbons (Fsp3) is 0.286. The van der Waals surface area contributed by atoms with Crippen molar-refractivity contribution in [3.05, 3.63) is 69.7 Å². The highest BCUT2D eigenvalue weighted by molar-refractivity contribution is 8.00. The van der Waals surface area contributed by atoms with Gasteiger partial charge in [0.2, 0.25) is 0 Å². The molecule has 5 nitrogen and oxygen atoms in total. The molecule has 8 heteroatoms. The van der Waals surface area contributed by atoms with Gasteiger partial charge in [0.05, 0.1) is 11.8 Å². The summed E-state index contributed by atoms with van der Waals surface area (Å²) in [6.07, 6.45) is 0.990. The normalized spacial score (nSPS) is 14.9. The third-order valence-corrected chi connectivity index (χ3v) is 7.28. The first-order valence-corrected chi connectivity index (χ1v) is 11.7. The molecular weight excluding hydrogens is 422 g/mol. The molecule has 1 fully saturated rings. The number of likely N-dealkylation sites (tertiary alicyclic amines) is 1. The zero-order valence-corrected chi connectivity index (χ0v) is 18.2. The van der Waals surface area contributed by atoms with Gasteiger partial charge in [-0.1, -0.05) is 53.4 Å². The second kappa shape index (κ2) is 9.21. The SMILES string of the molecule is O=C(c1ccc(-n2nc(SCc3ccccc3)sc2=S)cc1)N1CCC(O)CC1. The highest BCUT2D eigenvalue weighted by atomic mass is 32.2. The molecule has 1 aromatic heterocycles. The minimum absolute atomic E-state index is 0.00410. The Labute approximate surface area is 183 Å². The quantitative estimate of drug-likeness (QED) is 0.463. The minimum Gasteiger partial charge on any atom is -0.393 e. The van der Waals surface area contributed by atoms with Crippen LogP contribution in [0, 0.1) is 3.95 Å². The summed E-state index contributed by atoms with van der Waals surface area (Å²) in [4.78, 5) is 14.4. The van der Waals surface area contributed by atoms with E-state index in [1.807, 2.05) is 42.5 Å². The summed E-state index contributed by atoms with van der Waals surface area (Å²) >= 11 is 8.65. The van der Waals surface area contributed by atoms with Gasteiger partial charge >= 0.3 is 0 Å². The molecule has 0 saturated carbocycles. The Bertz CT molecular complexity index is 1020. The summed E-state index contributed by atoms with van der Waals surface area (Å²) in [5.74, 6) is 0.852. The molecule has 150 valence electrons. The van der Waals surface area contributed by atoms with Crippen molar-refractivity contribution in [3.63, 3.8) is 0 Å². The minimum atomic E-state index is -0.290. The number of hydrogen-bond donors (Lipinski definition) is 1. The van der Waals surface area contributed by atoms with E-state index in [-0.39, 0.29) is 12.0 Å². The Hall–Kier alpha value is -2.00. The number of thioether (sulfide) groups is 1. The predicted molar refractivity (Wildman–Crippen MR) is 119 cm³/mol. The fourth-order valence-electron chi connectivity index (χ4n) is 3.20. The number of aliphatic hydroxyl groups is 1. The zero-order valence-electron chi connectivity index (χ0n) is 15.7. The van der Waals surface area contributed by atoms with Crippen molar-refractivity contribution in [2.45, 2.75) is 29.0 Å². The van der Waals surface area contributed by atoms with E-state index in [1.54, 1.807) is 21.3 Å². The number of rotatable bonds is 5. The van der Waals surface area contributed by atoms with E-state index >= 15 is 0 Å². The monoisotopic (exact) mass is 443 g/mol. The standard InChI is InChI=1S/C21H21N3O2S3/c25-18-10-12-23(13-11-18)19(26)16-6-8-17(9-7-16)24-21(27)29-20(22-24)28-14-15-4-2-1-3-5-15/h1-9,18,25H,10-14H2. The number of aliphatic hydroxyl groups excluding tert-OH is 1. The molecule has 3 aromatic rings. The number of carbonyl (C=O) groups is 1. The summed E-state index contributed by atoms with van der Waals surface area (Å²) in [5.41, 5.74) is 2.74. The molecule has 0 atom stereocenters. The van der Waals surface area contributed by atoms with Crippen molar-refractivity contribution in [1.82, 2.24) is 14.7 Å². The van der Waals surface area contributed by atoms with Gasteiger partial charge in [-0.05, 0) is 54.9 Å². The summed E-state index contributed by atoms with van der Waals surface area (Å²) in [7, 11) is 0. The lowest BCUT2D eigenvalue weighted by Crippen LogP contribution is -2.40. The van der Waals surface area contributed by atoms with E-state index in [4.69, 9.17) is 12.2 Å². The Kier molecular flexibility index (Phi) is 6.44. The molecule has 1 N–H and O–H groups in total. The maximum absolute atomic E-state index is 12.6. The van der Waals surface area contributed by atoms with Gasteiger partial charge in [-0.3, -0.25) is 4.79 Å². The molecular formula is C21H21N3O2S3. The molecule has 1 saturated heterocycles. The average Bonchev–Trinajstić information content (AvgIpc) is 3.14. The van der Waals surface area contributed by atoms with Crippen LogP contribution in [-0.2, 0) is 5.75 Å². The second-order valence-electron chi connectivity index (χ2n) is 6.89. The summed E-state index contributed by atoms with van der Waals surface area (Å²) in [5, 5.41) is 14.3. The van der Waals surface area contributed by atoms with Crippen LogP contribution in [0.1, 0.15) is 28.8 Å². The topological polar surface area (TPSA) is 58.4 Å². The molecule has 2 aromatic carbocycles. The molecule has 0 spiro atoms. The highest BCUT2D eigenvalue weighted by Gasteiger charge is 2.22. The molecule has 0 unspecified atom stereocenters. The first kappa shape index (κ1) is 20.3. The first-order chi connectivity index (χ1) is 14.1. The second-order valence-corrected chi connectivity index (χ2v) is 9.74. The summed E-state index contributed by atoms with van der Waals surface area (Å²) < 4.78 is 3.36. The van der Waals surface area contributed by atoms with Crippen molar-refractivity contribution < 1.29 is 9.90 Å². The predicted octanol–water partition coefficient (Wildman–Crippen LogP) is 4.55. The Morgan fingerprint density at radius 2 is 1.83 bits per heavy atom. The van der Waals surface area contributed by atoms with Crippen LogP contribution in [0.15, 0.2) is 58.9 Å². The van der Waals surface area contributed by atoms with Gasteiger partial charge in [-0.2, -0.15) is 0 Å². The molecule has 0 radical (unpaired) electrons. The molecule has 2 heterocycles. The van der Waals surface area contributed by atoms with Crippen LogP contribution < -0.4 is 0 Å². The largest absolute Gasteiger partial charge is 0.393 e. The Balaban J connectivity index is 1.44. The molecule has 1 aliphatic heterocycles. The van der Waals surface area contributed by atoms with Crippen molar-refractivity contribution in [3.8, 4) is 5.69 Å². The third kappa shape index (κ3) is 4.95. The summed E-state index contributed by atoms with van der Waals surface area (Å²) in [6.45, 7) is 1.20. The van der Waals surface area contributed by atoms with Crippen LogP contribution in [-0.4, -0.2) is 44.9 Å². The Morgan fingerprint density at radius 1 is 1.14 bits per heavy atom. The maximum atomic E-state index is 12.6. The van der Waals surface area contributed by atoms with Gasteiger partial charge in [-0.15, -0.1) is 5.10 Å². The van der Waals surface area contributed by atoms with Crippen molar-refractivity contribution in [2.75, 3.05) is 13.1 Å². The van der Waals surface area contributed by atoms with Gasteiger partial charge in [0.1, 0.15) is 0 Å². The van der Waals surface area contributed by atoms with E-state index in [0.29, 0.717) is 35.4 Å². The lowest BCUT2D eigenvalue weighted by molar-refractivity contribution is 0.0546. The van der Waals surface area contributed by atoms with Crippen LogP contribution >= 0.6 is 35.3 Å². The first-order valence-electron chi connectivity index (χ1n) is 9.45. The zero-order chi connectivity index (χ0) is 20.2. The molecule has 29 heavy (non-hydrogen) atoms. The van der Waals surface area contributed by atoms with Gasteiger partial charge in [-0.25, -0.2) is 4.68 Å². The number of amides is 1. The average molecular weight is 444 g/mol. The van der Waals surface area contributed by atoms with Crippen LogP contribution in [0.5, 0.6) is 0 Å². The molecule has 4 rings (SSSR count). The van der Waals surface area contributed by atoms with E-state index in [0.717, 1.165) is 15.8 Å². The number of hydrogen-bond acceptors (Lipinski definition) is 6. The van der Waals surface area contributed by atoms with E-state index in [9.17, 15) is 9.90 Å². The summed E-state index contributed by atoms with van der Waals surface area (Å²) in [6, 6.07) is 17.7. The molecule has 0 bridgehead atoms. The lowest BCUT2D eigenvalue weighted by atomic mass is 10.1. The van der Waals surface area contributed by atoms with Gasteiger partial charge in [0.25, 0.3) is 5.91 Å². The highest BCUT2D eigenvalue weighted by Crippen LogP contribution is 2.27. The number of carbonyl (C=O) groups excluding carboxylic acids is 1. The fourth-order valence-corrected chi connectivity index (χ4v) is 5.52. The van der Waals surface area contributed by atoms with Crippen LogP contribution in [0.25, 0.3) is 5.69 Å². The third-order valence-electron chi connectivity index (χ3n) is 4.84. The van der Waals surface area contributed by atoms with Gasteiger partial charge < -0.3 is 10.0 Å². The van der Waals surface area contributed by atoms with Crippen molar-refractivity contribution in [2.24, 2.45) is 0 Å². The van der Waals surface area contributed by atoms with Gasteiger partial charge in [0.15, 0.2) is 8.29 Å². The molecule has 1 amide bonds. The number of nitrogens with zero attached hydrogens (tertiary/aromatic N) is 3. The lowest BCUT2D eigenvalue weighted by Gasteiger charge is -2.29. The Morgan fingerprint density at radius 3 is 2.52 bits per heavy atom. The molecule has 1 aliphatic rings. The van der Waals surface area contributed by atoms with E-state index < -0.39 is 0 Å².